The van der Waals surface area contributed by atoms with E-state index in [9.17, 15) is 4.79 Å². The predicted octanol–water partition coefficient (Wildman–Crippen LogP) is 1.65. The van der Waals surface area contributed by atoms with Crippen molar-refractivity contribution in [2.24, 2.45) is 0 Å². The summed E-state index contributed by atoms with van der Waals surface area (Å²) in [6.45, 7) is 5.56. The van der Waals surface area contributed by atoms with Gasteiger partial charge in [-0.1, -0.05) is 0 Å². The van der Waals surface area contributed by atoms with E-state index in [0.717, 1.165) is 42.9 Å². The minimum absolute atomic E-state index is 0.137. The second-order valence-electron chi connectivity index (χ2n) is 4.16. The number of rotatable bonds is 1. The maximum absolute atomic E-state index is 12.2. The summed E-state index contributed by atoms with van der Waals surface area (Å²) in [5.41, 5.74) is 2.45. The molecule has 0 spiro atoms. The van der Waals surface area contributed by atoms with Crippen molar-refractivity contribution in [3.8, 4) is 0 Å². The van der Waals surface area contributed by atoms with Crippen molar-refractivity contribution in [2.45, 2.75) is 33.1 Å². The van der Waals surface area contributed by atoms with E-state index >= 15 is 0 Å². The number of aromatic amines is 1. The molecule has 0 aromatic carbocycles. The lowest BCUT2D eigenvalue weighted by Gasteiger charge is -2.26. The second-order valence-corrected chi connectivity index (χ2v) is 4.16. The van der Waals surface area contributed by atoms with Crippen LogP contribution in [0.5, 0.6) is 0 Å². The van der Waals surface area contributed by atoms with Crippen LogP contribution in [0, 0.1) is 13.8 Å². The van der Waals surface area contributed by atoms with Crippen molar-refractivity contribution < 1.29 is 4.79 Å². The average Bonchev–Trinajstić information content (AvgIpc) is 2.59. The molecule has 0 atom stereocenters. The van der Waals surface area contributed by atoms with E-state index in [1.807, 2.05) is 18.7 Å². The molecule has 4 heteroatoms. The van der Waals surface area contributed by atoms with Crippen LogP contribution in [0.1, 0.15) is 41.0 Å². The number of amides is 1. The van der Waals surface area contributed by atoms with Gasteiger partial charge in [0.2, 0.25) is 0 Å². The van der Waals surface area contributed by atoms with E-state index in [1.54, 1.807) is 0 Å². The summed E-state index contributed by atoms with van der Waals surface area (Å²) in [6.07, 6.45) is 3.50. The molecular weight excluding hydrogens is 190 g/mol. The molecule has 1 aromatic rings. The van der Waals surface area contributed by atoms with Gasteiger partial charge >= 0.3 is 0 Å². The summed E-state index contributed by atoms with van der Waals surface area (Å²) >= 11 is 0. The molecule has 2 rings (SSSR count). The molecule has 1 saturated heterocycles. The zero-order valence-corrected chi connectivity index (χ0v) is 9.34. The molecule has 0 aliphatic carbocycles. The van der Waals surface area contributed by atoms with Crippen LogP contribution in [0.3, 0.4) is 0 Å². The molecule has 0 bridgehead atoms. The highest BCUT2D eigenvalue weighted by Crippen LogP contribution is 2.16. The Balaban J connectivity index is 2.19. The highest BCUT2D eigenvalue weighted by atomic mass is 16.2. The first kappa shape index (κ1) is 10.2. The molecule has 1 aliphatic rings. The van der Waals surface area contributed by atoms with Crippen molar-refractivity contribution in [1.82, 2.24) is 15.1 Å². The van der Waals surface area contributed by atoms with Gasteiger partial charge in [-0.05, 0) is 33.1 Å². The maximum atomic E-state index is 12.2. The van der Waals surface area contributed by atoms with Crippen molar-refractivity contribution in [1.29, 1.82) is 0 Å². The quantitative estimate of drug-likeness (QED) is 0.761. The van der Waals surface area contributed by atoms with Gasteiger partial charge in [0.15, 0.2) is 0 Å². The van der Waals surface area contributed by atoms with Gasteiger partial charge in [-0.25, -0.2) is 0 Å². The fraction of sp³-hybridized carbons (Fsp3) is 0.636. The number of carbonyl (C=O) groups is 1. The molecule has 15 heavy (non-hydrogen) atoms. The summed E-state index contributed by atoms with van der Waals surface area (Å²) in [5.74, 6) is 0.137. The summed E-state index contributed by atoms with van der Waals surface area (Å²) in [4.78, 5) is 14.1. The standard InChI is InChI=1S/C11H17N3O/c1-8-10(9(2)13-12-8)11(15)14-6-4-3-5-7-14/h3-7H2,1-2H3,(H,12,13). The van der Waals surface area contributed by atoms with E-state index in [1.165, 1.54) is 6.42 Å². The number of H-pyrrole nitrogens is 1. The van der Waals surface area contributed by atoms with E-state index in [0.29, 0.717) is 0 Å². The lowest BCUT2D eigenvalue weighted by atomic mass is 10.1. The Morgan fingerprint density at radius 1 is 1.27 bits per heavy atom. The van der Waals surface area contributed by atoms with Gasteiger partial charge in [-0.15, -0.1) is 0 Å². The van der Waals surface area contributed by atoms with Crippen LogP contribution in [-0.2, 0) is 0 Å². The van der Waals surface area contributed by atoms with Crippen LogP contribution in [-0.4, -0.2) is 34.1 Å². The minimum Gasteiger partial charge on any atom is -0.339 e. The van der Waals surface area contributed by atoms with Gasteiger partial charge in [0.05, 0.1) is 11.3 Å². The van der Waals surface area contributed by atoms with Gasteiger partial charge in [-0.2, -0.15) is 5.10 Å². The Bertz CT molecular complexity index is 344. The summed E-state index contributed by atoms with van der Waals surface area (Å²) < 4.78 is 0. The molecule has 2 heterocycles. The maximum Gasteiger partial charge on any atom is 0.257 e. The number of carbonyl (C=O) groups excluding carboxylic acids is 1. The van der Waals surface area contributed by atoms with Crippen LogP contribution < -0.4 is 0 Å². The molecule has 82 valence electrons. The smallest absolute Gasteiger partial charge is 0.257 e. The van der Waals surface area contributed by atoms with Crippen LogP contribution in [0.2, 0.25) is 0 Å². The van der Waals surface area contributed by atoms with Gasteiger partial charge in [0.25, 0.3) is 5.91 Å². The lowest BCUT2D eigenvalue weighted by Crippen LogP contribution is -2.36. The van der Waals surface area contributed by atoms with E-state index < -0.39 is 0 Å². The third-order valence-electron chi connectivity index (χ3n) is 2.99. The van der Waals surface area contributed by atoms with Crippen LogP contribution in [0.25, 0.3) is 0 Å². The number of likely N-dealkylation sites (tertiary alicyclic amines) is 1. The number of piperidine rings is 1. The molecule has 1 aromatic heterocycles. The zero-order valence-electron chi connectivity index (χ0n) is 9.34. The average molecular weight is 207 g/mol. The van der Waals surface area contributed by atoms with Gasteiger partial charge in [0, 0.05) is 18.8 Å². The molecule has 1 N–H and O–H groups in total. The Labute approximate surface area is 89.7 Å². The van der Waals surface area contributed by atoms with Gasteiger partial charge in [-0.3, -0.25) is 9.89 Å². The normalized spacial score (nSPS) is 16.8. The van der Waals surface area contributed by atoms with Crippen molar-refractivity contribution in [3.05, 3.63) is 17.0 Å². The third-order valence-corrected chi connectivity index (χ3v) is 2.99. The first-order chi connectivity index (χ1) is 7.20. The number of hydrogen-bond acceptors (Lipinski definition) is 2. The van der Waals surface area contributed by atoms with E-state index in [-0.39, 0.29) is 5.91 Å². The number of aryl methyl sites for hydroxylation is 2. The van der Waals surface area contributed by atoms with Gasteiger partial charge in [0.1, 0.15) is 0 Å². The number of nitrogens with zero attached hydrogens (tertiary/aromatic N) is 2. The van der Waals surface area contributed by atoms with Gasteiger partial charge < -0.3 is 4.90 Å². The highest BCUT2D eigenvalue weighted by molar-refractivity contribution is 5.96. The summed E-state index contributed by atoms with van der Waals surface area (Å²) in [6, 6.07) is 0. The van der Waals surface area contributed by atoms with Crippen LogP contribution in [0.4, 0.5) is 0 Å². The van der Waals surface area contributed by atoms with E-state index in [2.05, 4.69) is 10.2 Å². The predicted molar refractivity (Wildman–Crippen MR) is 57.8 cm³/mol. The number of aromatic nitrogens is 2. The minimum atomic E-state index is 0.137. The molecular formula is C11H17N3O. The molecule has 1 fully saturated rings. The fourth-order valence-electron chi connectivity index (χ4n) is 2.12. The van der Waals surface area contributed by atoms with Crippen molar-refractivity contribution in [3.63, 3.8) is 0 Å². The van der Waals surface area contributed by atoms with Crippen LogP contribution in [0.15, 0.2) is 0 Å². The molecule has 0 unspecified atom stereocenters. The molecule has 0 radical (unpaired) electrons. The molecule has 4 nitrogen and oxygen atoms in total. The first-order valence-corrected chi connectivity index (χ1v) is 5.51. The first-order valence-electron chi connectivity index (χ1n) is 5.51. The number of hydrogen-bond donors (Lipinski definition) is 1. The Morgan fingerprint density at radius 2 is 1.93 bits per heavy atom. The third kappa shape index (κ3) is 1.89. The Kier molecular flexibility index (Phi) is 2.75. The van der Waals surface area contributed by atoms with Crippen molar-refractivity contribution >= 4 is 5.91 Å². The van der Waals surface area contributed by atoms with Crippen LogP contribution >= 0.6 is 0 Å². The molecule has 1 amide bonds. The molecule has 0 saturated carbocycles. The zero-order chi connectivity index (χ0) is 10.8. The summed E-state index contributed by atoms with van der Waals surface area (Å²) in [7, 11) is 0. The Morgan fingerprint density at radius 3 is 2.47 bits per heavy atom. The fourth-order valence-corrected chi connectivity index (χ4v) is 2.12. The topological polar surface area (TPSA) is 49.0 Å². The van der Waals surface area contributed by atoms with E-state index in [4.69, 9.17) is 0 Å². The monoisotopic (exact) mass is 207 g/mol. The molecule has 1 aliphatic heterocycles. The Hall–Kier alpha value is -1.32. The largest absolute Gasteiger partial charge is 0.339 e. The second kappa shape index (κ2) is 4.04. The lowest BCUT2D eigenvalue weighted by molar-refractivity contribution is 0.0723. The van der Waals surface area contributed by atoms with Crippen molar-refractivity contribution in [2.75, 3.05) is 13.1 Å². The number of nitrogens with one attached hydrogen (secondary N) is 1. The SMILES string of the molecule is Cc1n[nH]c(C)c1C(=O)N1CCCCC1. The highest BCUT2D eigenvalue weighted by Gasteiger charge is 2.22. The summed E-state index contributed by atoms with van der Waals surface area (Å²) in [5, 5.41) is 6.92.